The second kappa shape index (κ2) is 7.40. The van der Waals surface area contributed by atoms with Gasteiger partial charge in [0.15, 0.2) is 5.78 Å². The van der Waals surface area contributed by atoms with Gasteiger partial charge in [-0.3, -0.25) is 9.59 Å². The van der Waals surface area contributed by atoms with Gasteiger partial charge in [0, 0.05) is 11.3 Å². The lowest BCUT2D eigenvalue weighted by Crippen LogP contribution is -2.18. The van der Waals surface area contributed by atoms with Crippen molar-refractivity contribution in [2.45, 2.75) is 19.8 Å². The van der Waals surface area contributed by atoms with Crippen molar-refractivity contribution >= 4 is 28.2 Å². The van der Waals surface area contributed by atoms with Crippen LogP contribution in [0.2, 0.25) is 0 Å². The van der Waals surface area contributed by atoms with Crippen LogP contribution in [0.3, 0.4) is 0 Å². The van der Waals surface area contributed by atoms with E-state index in [1.54, 1.807) is 31.4 Å². The van der Waals surface area contributed by atoms with E-state index in [0.717, 1.165) is 22.1 Å². The van der Waals surface area contributed by atoms with Gasteiger partial charge in [-0.05, 0) is 66.6 Å². The van der Waals surface area contributed by atoms with Gasteiger partial charge in [0.1, 0.15) is 5.75 Å². The van der Waals surface area contributed by atoms with E-state index in [9.17, 15) is 9.59 Å². The van der Waals surface area contributed by atoms with Crippen molar-refractivity contribution in [3.05, 3.63) is 71.8 Å². The number of benzene rings is 3. The standard InChI is InChI=1S/C22H21NO3/c1-14(22(25)23-20-9-6-16(7-10-20)15(2)24)17-4-5-19-13-21(26-3)11-8-18(19)12-17/h4-14H,1-3H3,(H,23,25)/t14-/m0/s1. The summed E-state index contributed by atoms with van der Waals surface area (Å²) in [5, 5.41) is 5.04. The van der Waals surface area contributed by atoms with Crippen LogP contribution in [0.15, 0.2) is 60.7 Å². The number of nitrogens with one attached hydrogen (secondary N) is 1. The van der Waals surface area contributed by atoms with E-state index in [1.165, 1.54) is 6.92 Å². The highest BCUT2D eigenvalue weighted by molar-refractivity contribution is 5.98. The third-order valence-electron chi connectivity index (χ3n) is 4.52. The minimum Gasteiger partial charge on any atom is -0.497 e. The van der Waals surface area contributed by atoms with Gasteiger partial charge < -0.3 is 10.1 Å². The molecule has 1 N–H and O–H groups in total. The Hall–Kier alpha value is -3.14. The fourth-order valence-corrected chi connectivity index (χ4v) is 2.83. The number of rotatable bonds is 5. The summed E-state index contributed by atoms with van der Waals surface area (Å²) in [6, 6.07) is 18.8. The maximum Gasteiger partial charge on any atom is 0.231 e. The maximum atomic E-state index is 12.6. The zero-order valence-electron chi connectivity index (χ0n) is 15.1. The molecule has 3 rings (SSSR count). The van der Waals surface area contributed by atoms with Crippen LogP contribution in [0.1, 0.15) is 35.7 Å². The number of Topliss-reactive ketones (excluding diaryl/α,β-unsaturated/α-hetero) is 1. The second-order valence-corrected chi connectivity index (χ2v) is 6.32. The first-order valence-electron chi connectivity index (χ1n) is 8.47. The van der Waals surface area contributed by atoms with E-state index in [1.807, 2.05) is 43.3 Å². The molecule has 0 aliphatic heterocycles. The van der Waals surface area contributed by atoms with Gasteiger partial charge in [-0.2, -0.15) is 0 Å². The number of hydrogen-bond donors (Lipinski definition) is 1. The lowest BCUT2D eigenvalue weighted by molar-refractivity contribution is -0.117. The minimum atomic E-state index is -0.297. The number of amides is 1. The first kappa shape index (κ1) is 17.7. The fraction of sp³-hybridized carbons (Fsp3) is 0.182. The molecule has 0 saturated heterocycles. The number of ketones is 1. The van der Waals surface area contributed by atoms with Gasteiger partial charge in [0.2, 0.25) is 5.91 Å². The third kappa shape index (κ3) is 3.75. The van der Waals surface area contributed by atoms with Crippen molar-refractivity contribution in [1.82, 2.24) is 0 Å². The molecule has 3 aromatic carbocycles. The Morgan fingerprint density at radius 3 is 2.23 bits per heavy atom. The molecule has 0 fully saturated rings. The van der Waals surface area contributed by atoms with E-state index in [2.05, 4.69) is 5.32 Å². The molecule has 0 heterocycles. The van der Waals surface area contributed by atoms with Crippen LogP contribution >= 0.6 is 0 Å². The van der Waals surface area contributed by atoms with Crippen LogP contribution < -0.4 is 10.1 Å². The summed E-state index contributed by atoms with van der Waals surface area (Å²) in [5.74, 6) is 0.427. The summed E-state index contributed by atoms with van der Waals surface area (Å²) in [6.07, 6.45) is 0. The van der Waals surface area contributed by atoms with Gasteiger partial charge in [-0.1, -0.05) is 24.3 Å². The predicted octanol–water partition coefficient (Wildman–Crippen LogP) is 4.79. The SMILES string of the molecule is COc1ccc2cc([C@H](C)C(=O)Nc3ccc(C(C)=O)cc3)ccc2c1. The molecule has 0 aliphatic rings. The number of anilines is 1. The molecular formula is C22H21NO3. The summed E-state index contributed by atoms with van der Waals surface area (Å²) >= 11 is 0. The van der Waals surface area contributed by atoms with Gasteiger partial charge in [0.25, 0.3) is 0 Å². The number of carbonyl (C=O) groups is 2. The number of carbonyl (C=O) groups excluding carboxylic acids is 2. The van der Waals surface area contributed by atoms with Crippen LogP contribution in [0.5, 0.6) is 5.75 Å². The molecule has 0 unspecified atom stereocenters. The Morgan fingerprint density at radius 1 is 0.923 bits per heavy atom. The maximum absolute atomic E-state index is 12.6. The number of methoxy groups -OCH3 is 1. The van der Waals surface area contributed by atoms with Crippen molar-refractivity contribution in [3.8, 4) is 5.75 Å². The molecule has 4 heteroatoms. The summed E-state index contributed by atoms with van der Waals surface area (Å²) in [5.41, 5.74) is 2.25. The van der Waals surface area contributed by atoms with Crippen molar-refractivity contribution in [3.63, 3.8) is 0 Å². The van der Waals surface area contributed by atoms with Crippen molar-refractivity contribution in [1.29, 1.82) is 0 Å². The first-order chi connectivity index (χ1) is 12.5. The molecule has 0 saturated carbocycles. The normalized spacial score (nSPS) is 11.8. The lowest BCUT2D eigenvalue weighted by Gasteiger charge is -2.14. The Kier molecular flexibility index (Phi) is 5.03. The van der Waals surface area contributed by atoms with Gasteiger partial charge in [-0.25, -0.2) is 0 Å². The molecule has 26 heavy (non-hydrogen) atoms. The Bertz CT molecular complexity index is 961. The summed E-state index contributed by atoms with van der Waals surface area (Å²) in [4.78, 5) is 23.9. The fourth-order valence-electron chi connectivity index (χ4n) is 2.83. The number of fused-ring (bicyclic) bond motifs is 1. The third-order valence-corrected chi connectivity index (χ3v) is 4.52. The van der Waals surface area contributed by atoms with Crippen LogP contribution in [0.25, 0.3) is 10.8 Å². The van der Waals surface area contributed by atoms with Crippen LogP contribution in [0.4, 0.5) is 5.69 Å². The molecule has 0 aliphatic carbocycles. The van der Waals surface area contributed by atoms with E-state index >= 15 is 0 Å². The van der Waals surface area contributed by atoms with Crippen molar-refractivity contribution < 1.29 is 14.3 Å². The van der Waals surface area contributed by atoms with Gasteiger partial charge >= 0.3 is 0 Å². The Labute approximate surface area is 152 Å². The molecule has 0 aromatic heterocycles. The van der Waals surface area contributed by atoms with Gasteiger partial charge in [-0.15, -0.1) is 0 Å². The molecule has 1 amide bonds. The first-order valence-corrected chi connectivity index (χ1v) is 8.47. The molecule has 0 bridgehead atoms. The average Bonchev–Trinajstić information content (AvgIpc) is 2.66. The van der Waals surface area contributed by atoms with E-state index < -0.39 is 0 Å². The smallest absolute Gasteiger partial charge is 0.231 e. The average molecular weight is 347 g/mol. The summed E-state index contributed by atoms with van der Waals surface area (Å²) < 4.78 is 5.24. The van der Waals surface area contributed by atoms with E-state index in [4.69, 9.17) is 4.74 Å². The van der Waals surface area contributed by atoms with Crippen molar-refractivity contribution in [2.75, 3.05) is 12.4 Å². The molecule has 4 nitrogen and oxygen atoms in total. The lowest BCUT2D eigenvalue weighted by atomic mass is 9.97. The van der Waals surface area contributed by atoms with E-state index in [0.29, 0.717) is 11.3 Å². The highest BCUT2D eigenvalue weighted by atomic mass is 16.5. The second-order valence-electron chi connectivity index (χ2n) is 6.32. The molecule has 0 spiro atoms. The monoisotopic (exact) mass is 347 g/mol. The summed E-state index contributed by atoms with van der Waals surface area (Å²) in [7, 11) is 1.64. The molecule has 3 aromatic rings. The highest BCUT2D eigenvalue weighted by Crippen LogP contribution is 2.26. The number of hydrogen-bond acceptors (Lipinski definition) is 3. The zero-order valence-corrected chi connectivity index (χ0v) is 15.1. The molecular weight excluding hydrogens is 326 g/mol. The summed E-state index contributed by atoms with van der Waals surface area (Å²) in [6.45, 7) is 3.40. The van der Waals surface area contributed by atoms with Gasteiger partial charge in [0.05, 0.1) is 13.0 Å². The molecule has 132 valence electrons. The highest BCUT2D eigenvalue weighted by Gasteiger charge is 2.16. The van der Waals surface area contributed by atoms with Crippen LogP contribution in [-0.4, -0.2) is 18.8 Å². The number of ether oxygens (including phenoxy) is 1. The predicted molar refractivity (Wildman–Crippen MR) is 104 cm³/mol. The Balaban J connectivity index is 1.77. The molecule has 1 atom stereocenters. The largest absolute Gasteiger partial charge is 0.497 e. The Morgan fingerprint density at radius 2 is 1.58 bits per heavy atom. The molecule has 0 radical (unpaired) electrons. The zero-order chi connectivity index (χ0) is 18.7. The minimum absolute atomic E-state index is 0.00374. The topological polar surface area (TPSA) is 55.4 Å². The van der Waals surface area contributed by atoms with Crippen molar-refractivity contribution in [2.24, 2.45) is 0 Å². The van der Waals surface area contributed by atoms with E-state index in [-0.39, 0.29) is 17.6 Å². The van der Waals surface area contributed by atoms with Crippen LogP contribution in [-0.2, 0) is 4.79 Å². The quantitative estimate of drug-likeness (QED) is 0.675. The van der Waals surface area contributed by atoms with Crippen LogP contribution in [0, 0.1) is 0 Å².